The number of nitrogens with one attached hydrogen (secondary N) is 3. The zero-order chi connectivity index (χ0) is 46.1. The van der Waals surface area contributed by atoms with Gasteiger partial charge < -0.3 is 48.8 Å². The predicted molar refractivity (Wildman–Crippen MR) is 246 cm³/mol. The van der Waals surface area contributed by atoms with Crippen molar-refractivity contribution in [3.05, 3.63) is 41.8 Å². The Bertz CT molecular complexity index is 2240. The molecule has 2 aliphatic heterocycles. The van der Waals surface area contributed by atoms with Crippen molar-refractivity contribution in [1.82, 2.24) is 25.5 Å². The van der Waals surface area contributed by atoms with Crippen LogP contribution in [0.1, 0.15) is 98.3 Å². The van der Waals surface area contributed by atoms with Crippen molar-refractivity contribution in [1.29, 1.82) is 0 Å². The Morgan fingerprint density at radius 1 is 1.00 bits per heavy atom. The maximum absolute atomic E-state index is 14.9. The average molecular weight is 939 g/mol. The van der Waals surface area contributed by atoms with E-state index in [9.17, 15) is 23.7 Å². The molecule has 4 aliphatic rings. The van der Waals surface area contributed by atoms with Crippen molar-refractivity contribution >= 4 is 58.8 Å². The lowest BCUT2D eigenvalue weighted by Crippen LogP contribution is -2.56. The van der Waals surface area contributed by atoms with Gasteiger partial charge in [-0.05, 0) is 91.2 Å². The van der Waals surface area contributed by atoms with Gasteiger partial charge in [-0.25, -0.2) is 19.6 Å². The van der Waals surface area contributed by atoms with Crippen LogP contribution in [0.25, 0.3) is 22.3 Å². The summed E-state index contributed by atoms with van der Waals surface area (Å²) < 4.78 is 47.8. The molecule has 65 heavy (non-hydrogen) atoms. The molecule has 3 aromatic rings. The van der Waals surface area contributed by atoms with Crippen molar-refractivity contribution in [3.63, 3.8) is 0 Å². The van der Waals surface area contributed by atoms with E-state index in [4.69, 9.17) is 38.0 Å². The lowest BCUT2D eigenvalue weighted by molar-refractivity contribution is -0.150. The van der Waals surface area contributed by atoms with Crippen molar-refractivity contribution in [2.75, 3.05) is 45.0 Å². The Kier molecular flexibility index (Phi) is 16.1. The summed E-state index contributed by atoms with van der Waals surface area (Å²) in [4.78, 5) is 68.1. The van der Waals surface area contributed by atoms with Crippen LogP contribution in [0.15, 0.2) is 41.8 Å². The molecule has 2 aromatic heterocycles. The number of anilines is 1. The van der Waals surface area contributed by atoms with Gasteiger partial charge in [0.25, 0.3) is 0 Å². The molecule has 7 rings (SSSR count). The van der Waals surface area contributed by atoms with Crippen molar-refractivity contribution < 1.29 is 51.7 Å². The van der Waals surface area contributed by atoms with Crippen LogP contribution in [0.2, 0.25) is 0 Å². The number of esters is 1. The van der Waals surface area contributed by atoms with E-state index in [1.165, 1.54) is 16.2 Å². The number of ether oxygens (including phenoxy) is 4. The third-order valence-corrected chi connectivity index (χ3v) is 15.0. The predicted octanol–water partition coefficient (Wildman–Crippen LogP) is 7.78. The lowest BCUT2D eigenvalue weighted by atomic mass is 10.0. The van der Waals surface area contributed by atoms with Crippen LogP contribution >= 0.6 is 18.9 Å². The number of alkyl carbamates (subject to hydrolysis) is 1. The molecule has 3 amide bonds. The number of rotatable bonds is 16. The molecule has 3 N–H and O–H groups in total. The zero-order valence-electron chi connectivity index (χ0n) is 38.0. The Balaban J connectivity index is 1.19. The number of thiazole rings is 1. The highest BCUT2D eigenvalue weighted by molar-refractivity contribution is 7.53. The SMILES string of the molecule is CCOP(=O)(CCOC(=O)[C@@]12C[C@H]1C=CCCCCC[C@H](NC(=O)OC1CCCC1)C(=O)N1C[C@H](Oc3cc(-c4csc(NC(C)C)n4)nc4cc(OC)ccc34)C[C@H]1C(=O)N2)OCC. The second-order valence-electron chi connectivity index (χ2n) is 17.4. The van der Waals surface area contributed by atoms with Gasteiger partial charge in [-0.3, -0.25) is 14.2 Å². The fourth-order valence-electron chi connectivity index (χ4n) is 8.82. The highest BCUT2D eigenvalue weighted by Gasteiger charge is 2.62. The van der Waals surface area contributed by atoms with Gasteiger partial charge in [0.1, 0.15) is 53.6 Å². The molecule has 4 heterocycles. The van der Waals surface area contributed by atoms with E-state index < -0.39 is 55.2 Å². The summed E-state index contributed by atoms with van der Waals surface area (Å²) in [7, 11) is -1.93. The van der Waals surface area contributed by atoms with Gasteiger partial charge in [-0.2, -0.15) is 0 Å². The molecule has 17 nitrogen and oxygen atoms in total. The van der Waals surface area contributed by atoms with Gasteiger partial charge in [0.15, 0.2) is 5.13 Å². The Hall–Kier alpha value is -4.77. The van der Waals surface area contributed by atoms with Crippen molar-refractivity contribution in [2.24, 2.45) is 5.92 Å². The summed E-state index contributed by atoms with van der Waals surface area (Å²) in [5.74, 6) is -0.984. The molecular formula is C46H63N6O11PS. The van der Waals surface area contributed by atoms with Crippen LogP contribution in [0, 0.1) is 5.92 Å². The van der Waals surface area contributed by atoms with Gasteiger partial charge in [0.05, 0.1) is 44.2 Å². The molecule has 3 fully saturated rings. The number of fused-ring (bicyclic) bond motifs is 3. The Morgan fingerprint density at radius 3 is 2.51 bits per heavy atom. The third kappa shape index (κ3) is 12.0. The van der Waals surface area contributed by atoms with E-state index in [2.05, 4.69) is 16.0 Å². The lowest BCUT2D eigenvalue weighted by Gasteiger charge is -2.30. The summed E-state index contributed by atoms with van der Waals surface area (Å²) in [6, 6.07) is 5.41. The van der Waals surface area contributed by atoms with E-state index in [1.54, 1.807) is 21.0 Å². The van der Waals surface area contributed by atoms with E-state index in [0.29, 0.717) is 46.6 Å². The topological polar surface area (TPSA) is 206 Å². The second-order valence-corrected chi connectivity index (χ2v) is 20.4. The largest absolute Gasteiger partial charge is 0.497 e. The second kappa shape index (κ2) is 21.7. The molecule has 5 atom stereocenters. The molecule has 0 bridgehead atoms. The maximum Gasteiger partial charge on any atom is 0.408 e. The minimum atomic E-state index is -3.51. The molecule has 1 aromatic carbocycles. The van der Waals surface area contributed by atoms with Crippen LogP contribution in [-0.2, 0) is 37.5 Å². The quantitative estimate of drug-likeness (QED) is 0.0713. The first kappa shape index (κ1) is 48.2. The summed E-state index contributed by atoms with van der Waals surface area (Å²) in [6.07, 6.45) is 9.37. The molecule has 2 saturated carbocycles. The number of benzene rings is 1. The molecular weight excluding hydrogens is 876 g/mol. The fourth-order valence-corrected chi connectivity index (χ4v) is 11.1. The number of pyridine rings is 1. The first-order valence-electron chi connectivity index (χ1n) is 23.0. The highest BCUT2D eigenvalue weighted by atomic mass is 32.1. The Morgan fingerprint density at radius 2 is 1.77 bits per heavy atom. The number of allylic oxidation sites excluding steroid dienone is 1. The van der Waals surface area contributed by atoms with Gasteiger partial charge in [-0.15, -0.1) is 11.3 Å². The number of aromatic nitrogens is 2. The number of amides is 3. The zero-order valence-corrected chi connectivity index (χ0v) is 39.7. The van der Waals surface area contributed by atoms with Crippen LogP contribution in [0.4, 0.5) is 9.93 Å². The number of carbonyl (C=O) groups excluding carboxylic acids is 4. The number of hydrogen-bond donors (Lipinski definition) is 3. The fraction of sp³-hybridized carbons (Fsp3) is 0.609. The smallest absolute Gasteiger partial charge is 0.408 e. The molecule has 0 unspecified atom stereocenters. The number of methoxy groups -OCH3 is 1. The molecule has 0 spiro atoms. The molecule has 19 heteroatoms. The van der Waals surface area contributed by atoms with Crippen LogP contribution in [0.3, 0.4) is 0 Å². The van der Waals surface area contributed by atoms with E-state index in [1.807, 2.05) is 55.6 Å². The summed E-state index contributed by atoms with van der Waals surface area (Å²) in [6.45, 7) is 7.56. The molecule has 2 aliphatic carbocycles. The van der Waals surface area contributed by atoms with Gasteiger partial charge in [0, 0.05) is 41.3 Å². The molecule has 0 radical (unpaired) electrons. The van der Waals surface area contributed by atoms with E-state index in [0.717, 1.165) is 50.1 Å². The monoisotopic (exact) mass is 938 g/mol. The van der Waals surface area contributed by atoms with Crippen LogP contribution in [-0.4, -0.2) is 114 Å². The average Bonchev–Trinajstić information content (AvgIpc) is 3.70. The van der Waals surface area contributed by atoms with Crippen molar-refractivity contribution in [3.8, 4) is 22.9 Å². The normalized spacial score (nSPS) is 24.1. The number of nitrogens with zero attached hydrogens (tertiary/aromatic N) is 3. The van der Waals surface area contributed by atoms with Gasteiger partial charge in [0.2, 0.25) is 11.8 Å². The highest BCUT2D eigenvalue weighted by Crippen LogP contribution is 2.49. The standard InChI is InChI=1S/C46H63N6O11PS/c1-6-60-64(57,61-7-2)22-21-59-43(55)46-26-30(46)15-11-9-8-10-12-18-35(50-45(56)63-31-16-13-14-17-31)42(54)52-27-33(24-39(52)41(53)51-46)62-40-25-37(38-28-65-44(49-38)47-29(3)4)48-36-23-32(58-5)19-20-34(36)40/h11,15,19-20,23,25,28-31,33,35,39H,6-10,12-14,16-18,21-22,24,26-27H2,1-5H3,(H,47,49)(H,50,56)(H,51,53)/t30-,33-,35+,39+,46-/m1/s1. The first-order chi connectivity index (χ1) is 31.3. The first-order valence-corrected chi connectivity index (χ1v) is 25.6. The van der Waals surface area contributed by atoms with E-state index >= 15 is 0 Å². The summed E-state index contributed by atoms with van der Waals surface area (Å²) in [5.41, 5.74) is 0.385. The third-order valence-electron chi connectivity index (χ3n) is 12.2. The minimum Gasteiger partial charge on any atom is -0.497 e. The summed E-state index contributed by atoms with van der Waals surface area (Å²) in [5, 5.41) is 12.6. The summed E-state index contributed by atoms with van der Waals surface area (Å²) >= 11 is 1.46. The minimum absolute atomic E-state index is 0.00611. The Labute approximate surface area is 384 Å². The molecule has 354 valence electrons. The number of hydrogen-bond acceptors (Lipinski definition) is 15. The van der Waals surface area contributed by atoms with Crippen LogP contribution < -0.4 is 25.4 Å². The van der Waals surface area contributed by atoms with E-state index in [-0.39, 0.29) is 63.4 Å². The van der Waals surface area contributed by atoms with Crippen LogP contribution in [0.5, 0.6) is 11.5 Å². The maximum atomic E-state index is 14.9. The number of carbonyl (C=O) groups is 4. The van der Waals surface area contributed by atoms with Gasteiger partial charge in [-0.1, -0.05) is 25.0 Å². The van der Waals surface area contributed by atoms with Crippen molar-refractivity contribution in [2.45, 2.75) is 134 Å². The molecule has 1 saturated heterocycles. The van der Waals surface area contributed by atoms with Gasteiger partial charge >= 0.3 is 19.7 Å².